The molecule has 1 aromatic heterocycles. The zero-order chi connectivity index (χ0) is 17.4. The van der Waals surface area contributed by atoms with Crippen molar-refractivity contribution in [2.45, 2.75) is 31.8 Å². The number of halogens is 1. The fourth-order valence-corrected chi connectivity index (χ4v) is 3.51. The topological polar surface area (TPSA) is 58.6 Å². The quantitative estimate of drug-likeness (QED) is 0.397. The van der Waals surface area contributed by atoms with E-state index in [4.69, 9.17) is 16.3 Å². The average Bonchev–Trinajstić information content (AvgIpc) is 2.60. The molecule has 0 saturated carbocycles. The molecule has 2 rings (SSSR count). The van der Waals surface area contributed by atoms with Crippen molar-refractivity contribution >= 4 is 35.1 Å². The van der Waals surface area contributed by atoms with Gasteiger partial charge in [0.1, 0.15) is 11.0 Å². The van der Waals surface area contributed by atoms with Crippen LogP contribution in [0.1, 0.15) is 26.7 Å². The van der Waals surface area contributed by atoms with E-state index in [1.807, 2.05) is 4.90 Å². The highest BCUT2D eigenvalue weighted by atomic mass is 35.5. The Bertz CT molecular complexity index is 535. The van der Waals surface area contributed by atoms with Gasteiger partial charge in [-0.1, -0.05) is 37.2 Å². The normalized spacial score (nSPS) is 14.7. The minimum absolute atomic E-state index is 0.0902. The lowest BCUT2D eigenvalue weighted by Gasteiger charge is -2.26. The summed E-state index contributed by atoms with van der Waals surface area (Å²) < 4.78 is 5.27. The van der Waals surface area contributed by atoms with Gasteiger partial charge in [0.25, 0.3) is 0 Å². The maximum Gasteiger partial charge on any atom is 0.233 e. The SMILES string of the molecule is CCCN(CCC)c1cc(Cl)nc(SCC(=O)N2CCOCC2)n1. The molecular formula is C16H25ClN4O2S. The first-order valence-corrected chi connectivity index (χ1v) is 9.78. The molecule has 0 N–H and O–H groups in total. The highest BCUT2D eigenvalue weighted by Crippen LogP contribution is 2.22. The van der Waals surface area contributed by atoms with Crippen LogP contribution >= 0.6 is 23.4 Å². The van der Waals surface area contributed by atoms with E-state index in [1.165, 1.54) is 11.8 Å². The van der Waals surface area contributed by atoms with Crippen molar-refractivity contribution in [3.05, 3.63) is 11.2 Å². The molecule has 6 nitrogen and oxygen atoms in total. The highest BCUT2D eigenvalue weighted by molar-refractivity contribution is 7.99. The van der Waals surface area contributed by atoms with Crippen molar-refractivity contribution in [2.75, 3.05) is 50.0 Å². The van der Waals surface area contributed by atoms with Crippen LogP contribution in [-0.2, 0) is 9.53 Å². The molecule has 2 heterocycles. The Balaban J connectivity index is 2.00. The summed E-state index contributed by atoms with van der Waals surface area (Å²) in [4.78, 5) is 25.1. The zero-order valence-corrected chi connectivity index (χ0v) is 15.9. The molecular weight excluding hydrogens is 348 g/mol. The Labute approximate surface area is 152 Å². The molecule has 1 aliphatic rings. The second-order valence-electron chi connectivity index (χ2n) is 5.60. The van der Waals surface area contributed by atoms with Gasteiger partial charge in [-0.15, -0.1) is 0 Å². The van der Waals surface area contributed by atoms with Gasteiger partial charge in [0.05, 0.1) is 19.0 Å². The third-order valence-corrected chi connectivity index (χ3v) is 4.69. The maximum atomic E-state index is 12.2. The van der Waals surface area contributed by atoms with Gasteiger partial charge in [-0.05, 0) is 12.8 Å². The fourth-order valence-electron chi connectivity index (χ4n) is 2.52. The first-order chi connectivity index (χ1) is 11.6. The smallest absolute Gasteiger partial charge is 0.233 e. The van der Waals surface area contributed by atoms with E-state index < -0.39 is 0 Å². The largest absolute Gasteiger partial charge is 0.378 e. The molecule has 0 spiro atoms. The number of carbonyl (C=O) groups excluding carboxylic acids is 1. The lowest BCUT2D eigenvalue weighted by atomic mass is 10.3. The van der Waals surface area contributed by atoms with E-state index in [2.05, 4.69) is 28.7 Å². The Morgan fingerprint density at radius 3 is 2.58 bits per heavy atom. The molecule has 1 aliphatic heterocycles. The van der Waals surface area contributed by atoms with Crippen LogP contribution in [0.25, 0.3) is 0 Å². The van der Waals surface area contributed by atoms with E-state index in [-0.39, 0.29) is 5.91 Å². The molecule has 1 amide bonds. The fraction of sp³-hybridized carbons (Fsp3) is 0.688. The minimum Gasteiger partial charge on any atom is -0.378 e. The van der Waals surface area contributed by atoms with Gasteiger partial charge in [-0.25, -0.2) is 9.97 Å². The summed E-state index contributed by atoms with van der Waals surface area (Å²) in [7, 11) is 0. The number of hydrogen-bond donors (Lipinski definition) is 0. The van der Waals surface area contributed by atoms with Crippen molar-refractivity contribution in [3.63, 3.8) is 0 Å². The lowest BCUT2D eigenvalue weighted by Crippen LogP contribution is -2.41. The lowest BCUT2D eigenvalue weighted by molar-refractivity contribution is -0.132. The Hall–Kier alpha value is -1.05. The van der Waals surface area contributed by atoms with E-state index in [0.29, 0.717) is 42.4 Å². The van der Waals surface area contributed by atoms with Crippen molar-refractivity contribution in [3.8, 4) is 0 Å². The van der Waals surface area contributed by atoms with Crippen LogP contribution in [0.2, 0.25) is 5.15 Å². The molecule has 24 heavy (non-hydrogen) atoms. The number of thioether (sulfide) groups is 1. The third-order valence-electron chi connectivity index (χ3n) is 3.66. The molecule has 8 heteroatoms. The molecule has 0 aliphatic carbocycles. The molecule has 134 valence electrons. The van der Waals surface area contributed by atoms with Crippen LogP contribution < -0.4 is 4.90 Å². The number of anilines is 1. The summed E-state index contributed by atoms with van der Waals surface area (Å²) in [5, 5.41) is 0.967. The second kappa shape index (κ2) is 10.1. The van der Waals surface area contributed by atoms with E-state index in [0.717, 1.165) is 31.7 Å². The van der Waals surface area contributed by atoms with Gasteiger partial charge >= 0.3 is 0 Å². The number of morpholine rings is 1. The summed E-state index contributed by atoms with van der Waals surface area (Å²) in [6, 6.07) is 1.79. The molecule has 1 aromatic rings. The van der Waals surface area contributed by atoms with Crippen molar-refractivity contribution in [2.24, 2.45) is 0 Å². The first-order valence-electron chi connectivity index (χ1n) is 8.41. The van der Waals surface area contributed by atoms with E-state index in [9.17, 15) is 4.79 Å². The number of rotatable bonds is 8. The van der Waals surface area contributed by atoms with Gasteiger partial charge in [0.2, 0.25) is 5.91 Å². The number of aromatic nitrogens is 2. The third kappa shape index (κ3) is 5.79. The van der Waals surface area contributed by atoms with Crippen LogP contribution in [0.3, 0.4) is 0 Å². The molecule has 1 fully saturated rings. The van der Waals surface area contributed by atoms with E-state index >= 15 is 0 Å². The number of carbonyl (C=O) groups is 1. The monoisotopic (exact) mass is 372 g/mol. The van der Waals surface area contributed by atoms with Gasteiger partial charge in [-0.2, -0.15) is 0 Å². The molecule has 0 bridgehead atoms. The predicted molar refractivity (Wildman–Crippen MR) is 98.0 cm³/mol. The first kappa shape index (κ1) is 19.3. The van der Waals surface area contributed by atoms with Crippen LogP contribution in [-0.4, -0.2) is 65.9 Å². The van der Waals surface area contributed by atoms with Crippen molar-refractivity contribution < 1.29 is 9.53 Å². The second-order valence-corrected chi connectivity index (χ2v) is 6.93. The Morgan fingerprint density at radius 2 is 1.96 bits per heavy atom. The van der Waals surface area contributed by atoms with E-state index in [1.54, 1.807) is 6.07 Å². The summed E-state index contributed by atoms with van der Waals surface area (Å²) in [5.74, 6) is 1.24. The average molecular weight is 373 g/mol. The molecule has 0 atom stereocenters. The van der Waals surface area contributed by atoms with Crippen LogP contribution in [0.15, 0.2) is 11.2 Å². The summed E-state index contributed by atoms with van der Waals surface area (Å²) in [5.41, 5.74) is 0. The number of amides is 1. The molecule has 0 unspecified atom stereocenters. The van der Waals surface area contributed by atoms with Gasteiger partial charge in [0, 0.05) is 32.2 Å². The van der Waals surface area contributed by atoms with Crippen molar-refractivity contribution in [1.29, 1.82) is 0 Å². The highest BCUT2D eigenvalue weighted by Gasteiger charge is 2.18. The number of hydrogen-bond acceptors (Lipinski definition) is 6. The predicted octanol–water partition coefficient (Wildman–Crippen LogP) is 2.71. The Morgan fingerprint density at radius 1 is 1.29 bits per heavy atom. The zero-order valence-electron chi connectivity index (χ0n) is 14.3. The van der Waals surface area contributed by atoms with Crippen molar-refractivity contribution in [1.82, 2.24) is 14.9 Å². The standard InChI is InChI=1S/C16H25ClN4O2S/c1-3-5-20(6-4-2)14-11-13(17)18-16(19-14)24-12-15(22)21-7-9-23-10-8-21/h11H,3-10,12H2,1-2H3. The summed E-state index contributed by atoms with van der Waals surface area (Å²) >= 11 is 7.49. The molecule has 0 aromatic carbocycles. The van der Waals surface area contributed by atoms with Crippen LogP contribution in [0.4, 0.5) is 5.82 Å². The summed E-state index contributed by atoms with van der Waals surface area (Å²) in [6.45, 7) is 8.66. The molecule has 1 saturated heterocycles. The number of ether oxygens (including phenoxy) is 1. The van der Waals surface area contributed by atoms with Gasteiger partial charge in [0.15, 0.2) is 5.16 Å². The van der Waals surface area contributed by atoms with Gasteiger partial charge < -0.3 is 14.5 Å². The summed E-state index contributed by atoms with van der Waals surface area (Å²) in [6.07, 6.45) is 2.08. The maximum absolute atomic E-state index is 12.2. The van der Waals surface area contributed by atoms with Gasteiger partial charge in [-0.3, -0.25) is 4.79 Å². The Kier molecular flexibility index (Phi) is 8.08. The molecule has 0 radical (unpaired) electrons. The van der Waals surface area contributed by atoms with Crippen LogP contribution in [0.5, 0.6) is 0 Å². The number of nitrogens with zero attached hydrogens (tertiary/aromatic N) is 4. The minimum atomic E-state index is 0.0902. The van der Waals surface area contributed by atoms with Crippen LogP contribution in [0, 0.1) is 0 Å².